The van der Waals surface area contributed by atoms with E-state index in [1.165, 1.54) is 11.8 Å². The zero-order valence-electron chi connectivity index (χ0n) is 9.65. The van der Waals surface area contributed by atoms with Crippen molar-refractivity contribution < 1.29 is 4.92 Å². The highest BCUT2D eigenvalue weighted by Crippen LogP contribution is 2.28. The minimum Gasteiger partial charge on any atom is -0.265 e. The Balaban J connectivity index is 2.14. The number of benzene rings is 1. The van der Waals surface area contributed by atoms with E-state index in [-0.39, 0.29) is 11.5 Å². The molecule has 18 heavy (non-hydrogen) atoms. The standard InChI is InChI=1S/C13H12N2O2S/c16-15(17)10-8-11-5-4-9-14-13(11)18-12-6-2-1-3-7-12/h1-7,9H,8,10H2. The highest BCUT2D eigenvalue weighted by molar-refractivity contribution is 7.99. The molecule has 0 saturated carbocycles. The fraction of sp³-hybridized carbons (Fsp3) is 0.154. The van der Waals surface area contributed by atoms with Gasteiger partial charge in [-0.3, -0.25) is 10.1 Å². The van der Waals surface area contributed by atoms with Gasteiger partial charge in [0.2, 0.25) is 6.54 Å². The van der Waals surface area contributed by atoms with E-state index in [9.17, 15) is 10.1 Å². The Kier molecular flexibility index (Phi) is 4.30. The Morgan fingerprint density at radius 2 is 1.94 bits per heavy atom. The van der Waals surface area contributed by atoms with Gasteiger partial charge >= 0.3 is 0 Å². The largest absolute Gasteiger partial charge is 0.265 e. The van der Waals surface area contributed by atoms with Gasteiger partial charge in [0.25, 0.3) is 0 Å². The first kappa shape index (κ1) is 12.6. The second kappa shape index (κ2) is 6.16. The maximum absolute atomic E-state index is 10.4. The summed E-state index contributed by atoms with van der Waals surface area (Å²) in [6.07, 6.45) is 2.12. The number of nitrogens with zero attached hydrogens (tertiary/aromatic N) is 2. The summed E-state index contributed by atoms with van der Waals surface area (Å²) in [5.41, 5.74) is 0.919. The molecule has 0 spiro atoms. The SMILES string of the molecule is O=[N+]([O-])CCc1cccnc1Sc1ccccc1. The summed E-state index contributed by atoms with van der Waals surface area (Å²) in [4.78, 5) is 15.5. The van der Waals surface area contributed by atoms with Crippen LogP contribution in [0.15, 0.2) is 58.6 Å². The van der Waals surface area contributed by atoms with E-state index >= 15 is 0 Å². The number of aromatic nitrogens is 1. The van der Waals surface area contributed by atoms with Crippen LogP contribution in [0.5, 0.6) is 0 Å². The molecule has 0 aliphatic rings. The third-order valence-corrected chi connectivity index (χ3v) is 3.44. The van der Waals surface area contributed by atoms with Crippen molar-refractivity contribution in [3.63, 3.8) is 0 Å². The molecule has 2 rings (SSSR count). The monoisotopic (exact) mass is 260 g/mol. The van der Waals surface area contributed by atoms with Gasteiger partial charge in [0.1, 0.15) is 5.03 Å². The molecular formula is C13H12N2O2S. The summed E-state index contributed by atoms with van der Waals surface area (Å²) >= 11 is 1.53. The molecule has 0 fully saturated rings. The predicted octanol–water partition coefficient (Wildman–Crippen LogP) is 3.05. The van der Waals surface area contributed by atoms with E-state index in [0.29, 0.717) is 6.42 Å². The topological polar surface area (TPSA) is 56.0 Å². The summed E-state index contributed by atoms with van der Waals surface area (Å²) in [5.74, 6) is 0. The first-order chi connectivity index (χ1) is 8.75. The molecule has 0 saturated heterocycles. The van der Waals surface area contributed by atoms with Crippen LogP contribution in [0.4, 0.5) is 0 Å². The molecule has 0 bridgehead atoms. The van der Waals surface area contributed by atoms with Crippen molar-refractivity contribution in [1.29, 1.82) is 0 Å². The van der Waals surface area contributed by atoms with Gasteiger partial charge in [-0.05, 0) is 23.8 Å². The van der Waals surface area contributed by atoms with Crippen LogP contribution in [0, 0.1) is 10.1 Å². The average Bonchev–Trinajstić information content (AvgIpc) is 2.39. The molecule has 0 amide bonds. The van der Waals surface area contributed by atoms with Gasteiger partial charge in [-0.25, -0.2) is 4.98 Å². The quantitative estimate of drug-likeness (QED) is 0.612. The summed E-state index contributed by atoms with van der Waals surface area (Å²) in [6.45, 7) is -0.0615. The number of hydrogen-bond acceptors (Lipinski definition) is 4. The highest BCUT2D eigenvalue weighted by atomic mass is 32.2. The van der Waals surface area contributed by atoms with Crippen molar-refractivity contribution in [3.05, 3.63) is 64.3 Å². The molecule has 0 aliphatic carbocycles. The minimum atomic E-state index is -0.302. The Labute approximate surface area is 109 Å². The van der Waals surface area contributed by atoms with Gasteiger partial charge in [0, 0.05) is 22.4 Å². The minimum absolute atomic E-state index is 0.0615. The second-order valence-electron chi connectivity index (χ2n) is 3.69. The van der Waals surface area contributed by atoms with Crippen LogP contribution in [0.1, 0.15) is 5.56 Å². The Bertz CT molecular complexity index is 532. The van der Waals surface area contributed by atoms with Crippen molar-refractivity contribution >= 4 is 11.8 Å². The molecule has 5 heteroatoms. The molecular weight excluding hydrogens is 248 g/mol. The van der Waals surface area contributed by atoms with Crippen molar-refractivity contribution in [2.75, 3.05) is 6.54 Å². The van der Waals surface area contributed by atoms with Crippen molar-refractivity contribution in [2.45, 2.75) is 16.3 Å². The highest BCUT2D eigenvalue weighted by Gasteiger charge is 2.08. The van der Waals surface area contributed by atoms with E-state index in [4.69, 9.17) is 0 Å². The average molecular weight is 260 g/mol. The predicted molar refractivity (Wildman–Crippen MR) is 70.4 cm³/mol. The molecule has 0 radical (unpaired) electrons. The summed E-state index contributed by atoms with van der Waals surface area (Å²) < 4.78 is 0. The lowest BCUT2D eigenvalue weighted by molar-refractivity contribution is -0.479. The number of hydrogen-bond donors (Lipinski definition) is 0. The van der Waals surface area contributed by atoms with Gasteiger partial charge in [-0.15, -0.1) is 0 Å². The van der Waals surface area contributed by atoms with Gasteiger partial charge < -0.3 is 0 Å². The third-order valence-electron chi connectivity index (χ3n) is 2.37. The first-order valence-electron chi connectivity index (χ1n) is 5.54. The molecule has 4 nitrogen and oxygen atoms in total. The zero-order chi connectivity index (χ0) is 12.8. The Hall–Kier alpha value is -1.88. The second-order valence-corrected chi connectivity index (χ2v) is 4.75. The van der Waals surface area contributed by atoms with Gasteiger partial charge in [0.05, 0.1) is 0 Å². The molecule has 0 aliphatic heterocycles. The summed E-state index contributed by atoms with van der Waals surface area (Å²) in [6, 6.07) is 13.6. The molecule has 2 aromatic rings. The molecule has 1 aromatic carbocycles. The van der Waals surface area contributed by atoms with E-state index in [1.54, 1.807) is 6.20 Å². The van der Waals surface area contributed by atoms with Crippen LogP contribution in [0.25, 0.3) is 0 Å². The van der Waals surface area contributed by atoms with E-state index in [1.807, 2.05) is 42.5 Å². The van der Waals surface area contributed by atoms with E-state index in [2.05, 4.69) is 4.98 Å². The number of nitro groups is 1. The normalized spacial score (nSPS) is 10.2. The molecule has 0 atom stereocenters. The maximum atomic E-state index is 10.4. The maximum Gasteiger partial charge on any atom is 0.208 e. The molecule has 1 aromatic heterocycles. The van der Waals surface area contributed by atoms with Gasteiger partial charge in [0.15, 0.2) is 0 Å². The lowest BCUT2D eigenvalue weighted by Crippen LogP contribution is -2.05. The van der Waals surface area contributed by atoms with Gasteiger partial charge in [-0.2, -0.15) is 0 Å². The van der Waals surface area contributed by atoms with Gasteiger partial charge in [-0.1, -0.05) is 36.0 Å². The van der Waals surface area contributed by atoms with Crippen LogP contribution in [-0.4, -0.2) is 16.5 Å². The molecule has 92 valence electrons. The van der Waals surface area contributed by atoms with Crippen LogP contribution in [0.2, 0.25) is 0 Å². The van der Waals surface area contributed by atoms with Crippen molar-refractivity contribution in [2.24, 2.45) is 0 Å². The van der Waals surface area contributed by atoms with Crippen molar-refractivity contribution in [3.8, 4) is 0 Å². The smallest absolute Gasteiger partial charge is 0.208 e. The number of pyridine rings is 1. The lowest BCUT2D eigenvalue weighted by Gasteiger charge is -2.05. The molecule has 0 unspecified atom stereocenters. The fourth-order valence-corrected chi connectivity index (χ4v) is 2.45. The zero-order valence-corrected chi connectivity index (χ0v) is 10.5. The Morgan fingerprint density at radius 3 is 2.67 bits per heavy atom. The van der Waals surface area contributed by atoms with Crippen molar-refractivity contribution in [1.82, 2.24) is 4.98 Å². The summed E-state index contributed by atoms with van der Waals surface area (Å²) in [5, 5.41) is 11.3. The Morgan fingerprint density at radius 1 is 1.17 bits per heavy atom. The van der Waals surface area contributed by atoms with Crippen LogP contribution < -0.4 is 0 Å². The fourth-order valence-electron chi connectivity index (χ4n) is 1.52. The van der Waals surface area contributed by atoms with Crippen LogP contribution in [-0.2, 0) is 6.42 Å². The first-order valence-corrected chi connectivity index (χ1v) is 6.36. The lowest BCUT2D eigenvalue weighted by atomic mass is 10.2. The number of rotatable bonds is 5. The van der Waals surface area contributed by atoms with Crippen LogP contribution >= 0.6 is 11.8 Å². The molecule has 1 heterocycles. The summed E-state index contributed by atoms with van der Waals surface area (Å²) in [7, 11) is 0. The van der Waals surface area contributed by atoms with E-state index < -0.39 is 0 Å². The van der Waals surface area contributed by atoms with Crippen LogP contribution in [0.3, 0.4) is 0 Å². The molecule has 0 N–H and O–H groups in total. The van der Waals surface area contributed by atoms with E-state index in [0.717, 1.165) is 15.5 Å². The third kappa shape index (κ3) is 3.56.